The third-order valence-electron chi connectivity index (χ3n) is 6.34. The van der Waals surface area contributed by atoms with Crippen LogP contribution in [0.3, 0.4) is 0 Å². The predicted octanol–water partition coefficient (Wildman–Crippen LogP) is 2.29. The van der Waals surface area contributed by atoms with E-state index in [1.54, 1.807) is 0 Å². The molecule has 0 aromatic carbocycles. The molecule has 5 aliphatic rings. The Morgan fingerprint density at radius 1 is 1.00 bits per heavy atom. The van der Waals surface area contributed by atoms with E-state index < -0.39 is 0 Å². The number of aromatic nitrogens is 2. The van der Waals surface area contributed by atoms with E-state index in [0.29, 0.717) is 6.04 Å². The van der Waals surface area contributed by atoms with E-state index >= 15 is 0 Å². The smallest absolute Gasteiger partial charge is 0.152 e. The molecule has 4 aliphatic carbocycles. The number of hydrogen-bond donors (Lipinski definition) is 3. The lowest BCUT2D eigenvalue weighted by Gasteiger charge is -2.54. The van der Waals surface area contributed by atoms with Gasteiger partial charge in [0.05, 0.1) is 0 Å². The monoisotopic (exact) mass is 272 g/mol. The van der Waals surface area contributed by atoms with Gasteiger partial charge in [-0.1, -0.05) is 0 Å². The molecule has 1 aliphatic heterocycles. The summed E-state index contributed by atoms with van der Waals surface area (Å²) >= 11 is 0. The van der Waals surface area contributed by atoms with Gasteiger partial charge in [-0.15, -0.1) is 0 Å². The summed E-state index contributed by atoms with van der Waals surface area (Å²) in [5, 5.41) is 15.1. The highest BCUT2D eigenvalue weighted by molar-refractivity contribution is 5.48. The van der Waals surface area contributed by atoms with Gasteiger partial charge in [0.2, 0.25) is 0 Å². The molecule has 0 unspecified atom stereocenters. The Hall–Kier alpha value is -1.03. The average molecular weight is 272 g/mol. The average Bonchev–Trinajstić information content (AvgIpc) is 2.85. The summed E-state index contributed by atoms with van der Waals surface area (Å²) in [6.45, 7) is 2.05. The van der Waals surface area contributed by atoms with Crippen LogP contribution in [0.4, 0.5) is 5.82 Å². The molecule has 108 valence electrons. The summed E-state index contributed by atoms with van der Waals surface area (Å²) in [5.41, 5.74) is 2.74. The zero-order valence-electron chi connectivity index (χ0n) is 12.0. The molecule has 1 aromatic heterocycles. The third-order valence-corrected chi connectivity index (χ3v) is 6.34. The normalized spacial score (nSPS) is 41.7. The molecule has 1 aromatic rings. The van der Waals surface area contributed by atoms with E-state index in [2.05, 4.69) is 20.8 Å². The van der Waals surface area contributed by atoms with Crippen LogP contribution in [0, 0.1) is 23.7 Å². The van der Waals surface area contributed by atoms with Crippen LogP contribution >= 0.6 is 0 Å². The fourth-order valence-corrected chi connectivity index (χ4v) is 5.66. The molecule has 4 heteroatoms. The topological polar surface area (TPSA) is 52.7 Å². The summed E-state index contributed by atoms with van der Waals surface area (Å²) in [5.74, 6) is 5.06. The van der Waals surface area contributed by atoms with Crippen LogP contribution in [0.15, 0.2) is 0 Å². The number of fused-ring (bicyclic) bond motifs is 1. The van der Waals surface area contributed by atoms with Crippen LogP contribution in [0.1, 0.15) is 43.4 Å². The zero-order chi connectivity index (χ0) is 13.1. The van der Waals surface area contributed by atoms with Gasteiger partial charge >= 0.3 is 0 Å². The van der Waals surface area contributed by atoms with Crippen molar-refractivity contribution in [2.45, 2.75) is 51.1 Å². The number of anilines is 1. The minimum absolute atomic E-state index is 0.692. The Balaban J connectivity index is 1.40. The molecule has 4 nitrogen and oxygen atoms in total. The van der Waals surface area contributed by atoms with Gasteiger partial charge in [0.1, 0.15) is 0 Å². The van der Waals surface area contributed by atoms with E-state index in [0.717, 1.165) is 49.0 Å². The first-order chi connectivity index (χ1) is 9.87. The standard InChI is InChI=1S/C16H24N4/c1-2-17-8-13-14(1)19-20-16(13)18-15-11-4-9-3-10(6-11)7-12(15)5-9/h9-12,15,17H,1-8H2,(H2,18,19,20). The summed E-state index contributed by atoms with van der Waals surface area (Å²) in [6.07, 6.45) is 8.49. The first kappa shape index (κ1) is 11.6. The van der Waals surface area contributed by atoms with Gasteiger partial charge in [-0.25, -0.2) is 0 Å². The van der Waals surface area contributed by atoms with Gasteiger partial charge in [-0.3, -0.25) is 5.10 Å². The van der Waals surface area contributed by atoms with Gasteiger partial charge in [-0.05, 0) is 55.8 Å². The number of nitrogens with zero attached hydrogens (tertiary/aromatic N) is 1. The van der Waals surface area contributed by atoms with Crippen molar-refractivity contribution >= 4 is 5.82 Å². The fourth-order valence-electron chi connectivity index (χ4n) is 5.66. The Morgan fingerprint density at radius 2 is 1.75 bits per heavy atom. The van der Waals surface area contributed by atoms with Crippen molar-refractivity contribution in [1.29, 1.82) is 0 Å². The minimum atomic E-state index is 0.692. The van der Waals surface area contributed by atoms with Crippen molar-refractivity contribution in [2.24, 2.45) is 23.7 Å². The molecular weight excluding hydrogens is 248 g/mol. The zero-order valence-corrected chi connectivity index (χ0v) is 12.0. The van der Waals surface area contributed by atoms with E-state index in [1.165, 1.54) is 43.4 Å². The van der Waals surface area contributed by atoms with E-state index in [-0.39, 0.29) is 0 Å². The lowest BCUT2D eigenvalue weighted by molar-refractivity contribution is 0.00739. The summed E-state index contributed by atoms with van der Waals surface area (Å²) < 4.78 is 0. The first-order valence-corrected chi connectivity index (χ1v) is 8.40. The van der Waals surface area contributed by atoms with E-state index in [1.807, 2.05) is 0 Å². The second-order valence-corrected chi connectivity index (χ2v) is 7.56. The van der Waals surface area contributed by atoms with Crippen LogP contribution in [0.25, 0.3) is 0 Å². The van der Waals surface area contributed by atoms with Crippen molar-refractivity contribution in [2.75, 3.05) is 11.9 Å². The molecule has 0 saturated heterocycles. The largest absolute Gasteiger partial charge is 0.365 e. The molecule has 2 heterocycles. The van der Waals surface area contributed by atoms with Crippen LogP contribution in [-0.4, -0.2) is 22.8 Å². The van der Waals surface area contributed by atoms with Crippen LogP contribution < -0.4 is 10.6 Å². The second-order valence-electron chi connectivity index (χ2n) is 7.56. The minimum Gasteiger partial charge on any atom is -0.365 e. The van der Waals surface area contributed by atoms with Crippen molar-refractivity contribution in [3.8, 4) is 0 Å². The van der Waals surface area contributed by atoms with Gasteiger partial charge in [0, 0.05) is 36.8 Å². The highest BCUT2D eigenvalue weighted by Gasteiger charge is 2.48. The van der Waals surface area contributed by atoms with Gasteiger partial charge < -0.3 is 10.6 Å². The number of nitrogens with one attached hydrogen (secondary N) is 3. The second kappa shape index (κ2) is 4.23. The Morgan fingerprint density at radius 3 is 2.50 bits per heavy atom. The molecule has 0 radical (unpaired) electrons. The van der Waals surface area contributed by atoms with E-state index in [9.17, 15) is 0 Å². The molecular formula is C16H24N4. The quantitative estimate of drug-likeness (QED) is 0.774. The first-order valence-electron chi connectivity index (χ1n) is 8.40. The van der Waals surface area contributed by atoms with Crippen molar-refractivity contribution in [3.05, 3.63) is 11.3 Å². The summed E-state index contributed by atoms with van der Waals surface area (Å²) in [7, 11) is 0. The lowest BCUT2D eigenvalue weighted by atomic mass is 9.54. The maximum atomic E-state index is 4.57. The highest BCUT2D eigenvalue weighted by Crippen LogP contribution is 2.54. The fraction of sp³-hybridized carbons (Fsp3) is 0.812. The van der Waals surface area contributed by atoms with Gasteiger partial charge in [0.15, 0.2) is 5.82 Å². The molecule has 4 saturated carbocycles. The van der Waals surface area contributed by atoms with Gasteiger partial charge in [0.25, 0.3) is 0 Å². The van der Waals surface area contributed by atoms with Crippen LogP contribution in [0.5, 0.6) is 0 Å². The molecule has 4 bridgehead atoms. The Labute approximate surface area is 120 Å². The third kappa shape index (κ3) is 1.67. The molecule has 20 heavy (non-hydrogen) atoms. The van der Waals surface area contributed by atoms with Crippen LogP contribution in [-0.2, 0) is 13.0 Å². The number of hydrogen-bond acceptors (Lipinski definition) is 3. The number of aromatic amines is 1. The molecule has 0 amide bonds. The number of H-pyrrole nitrogens is 1. The molecule has 6 rings (SSSR count). The van der Waals surface area contributed by atoms with Gasteiger partial charge in [-0.2, -0.15) is 5.10 Å². The number of rotatable bonds is 2. The lowest BCUT2D eigenvalue weighted by Crippen LogP contribution is -2.51. The SMILES string of the molecule is C1Cc2[nH]nc(NC3C4CC5CC(C4)CC3C5)c2CN1. The maximum absolute atomic E-state index is 4.57. The highest BCUT2D eigenvalue weighted by atomic mass is 15.2. The van der Waals surface area contributed by atoms with Crippen molar-refractivity contribution < 1.29 is 0 Å². The van der Waals surface area contributed by atoms with Crippen LogP contribution in [0.2, 0.25) is 0 Å². The predicted molar refractivity (Wildman–Crippen MR) is 78.5 cm³/mol. The Kier molecular flexibility index (Phi) is 2.46. The molecule has 0 atom stereocenters. The maximum Gasteiger partial charge on any atom is 0.152 e. The molecule has 0 spiro atoms. The summed E-state index contributed by atoms with van der Waals surface area (Å²) in [6, 6.07) is 0.692. The van der Waals surface area contributed by atoms with Crippen molar-refractivity contribution in [3.63, 3.8) is 0 Å². The Bertz CT molecular complexity index is 493. The summed E-state index contributed by atoms with van der Waals surface area (Å²) in [4.78, 5) is 0. The van der Waals surface area contributed by atoms with Crippen molar-refractivity contribution in [1.82, 2.24) is 15.5 Å². The van der Waals surface area contributed by atoms with E-state index in [4.69, 9.17) is 0 Å². The molecule has 3 N–H and O–H groups in total. The molecule has 4 fully saturated rings.